The van der Waals surface area contributed by atoms with Gasteiger partial charge in [-0.1, -0.05) is 18.2 Å². The van der Waals surface area contributed by atoms with E-state index in [0.29, 0.717) is 24.6 Å². The largest absolute Gasteiger partial charge is 0.451 e. The van der Waals surface area contributed by atoms with Gasteiger partial charge in [-0.25, -0.2) is 0 Å². The Kier molecular flexibility index (Phi) is 4.38. The van der Waals surface area contributed by atoms with Crippen LogP contribution in [0.4, 0.5) is 0 Å². The molecular weight excluding hydrogens is 296 g/mol. The van der Waals surface area contributed by atoms with Gasteiger partial charge in [-0.05, 0) is 19.1 Å². The molecule has 0 aliphatic rings. The molecule has 7 heteroatoms. The molecule has 1 aromatic carbocycles. The maximum Gasteiger partial charge on any atom is 0.287 e. The highest BCUT2D eigenvalue weighted by Gasteiger charge is 2.19. The molecule has 3 rings (SSSR count). The summed E-state index contributed by atoms with van der Waals surface area (Å²) in [5, 5.41) is 11.7. The van der Waals surface area contributed by atoms with Crippen LogP contribution in [0.25, 0.3) is 11.0 Å². The average Bonchev–Trinajstić information content (AvgIpc) is 3.19. The van der Waals surface area contributed by atoms with Gasteiger partial charge in [0.25, 0.3) is 5.91 Å². The number of aromatic nitrogens is 3. The lowest BCUT2D eigenvalue weighted by atomic mass is 10.2. The minimum Gasteiger partial charge on any atom is -0.451 e. The third-order valence-electron chi connectivity index (χ3n) is 3.57. The molecule has 0 fully saturated rings. The Morgan fingerprint density at radius 3 is 3.04 bits per heavy atom. The molecule has 3 aromatic rings. The number of rotatable bonds is 6. The van der Waals surface area contributed by atoms with E-state index >= 15 is 0 Å². The van der Waals surface area contributed by atoms with Crippen LogP contribution in [0, 0.1) is 0 Å². The molecule has 0 unspecified atom stereocenters. The van der Waals surface area contributed by atoms with Crippen molar-refractivity contribution in [2.75, 3.05) is 13.7 Å². The lowest BCUT2D eigenvalue weighted by molar-refractivity contribution is 0.0911. The summed E-state index contributed by atoms with van der Waals surface area (Å²) in [7, 11) is 1.64. The number of benzene rings is 1. The predicted octanol–water partition coefficient (Wildman–Crippen LogP) is 2.16. The van der Waals surface area contributed by atoms with Crippen molar-refractivity contribution in [2.45, 2.75) is 19.5 Å². The van der Waals surface area contributed by atoms with Crippen LogP contribution >= 0.6 is 0 Å². The molecular formula is C16H18N4O3. The SMILES string of the molecule is COCCn1cnnc1[C@H](C)NC(=O)c1cc2ccccc2o1. The summed E-state index contributed by atoms with van der Waals surface area (Å²) >= 11 is 0. The monoisotopic (exact) mass is 314 g/mol. The van der Waals surface area contributed by atoms with E-state index in [9.17, 15) is 4.79 Å². The molecule has 23 heavy (non-hydrogen) atoms. The number of carbonyl (C=O) groups excluding carboxylic acids is 1. The first-order valence-electron chi connectivity index (χ1n) is 7.35. The third-order valence-corrected chi connectivity index (χ3v) is 3.57. The Balaban J connectivity index is 1.73. The molecule has 2 heterocycles. The van der Waals surface area contributed by atoms with E-state index in [4.69, 9.17) is 9.15 Å². The van der Waals surface area contributed by atoms with E-state index in [2.05, 4.69) is 15.5 Å². The summed E-state index contributed by atoms with van der Waals surface area (Å²) in [4.78, 5) is 12.4. The fraction of sp³-hybridized carbons (Fsp3) is 0.312. The predicted molar refractivity (Wildman–Crippen MR) is 84.0 cm³/mol. The van der Waals surface area contributed by atoms with Gasteiger partial charge in [0.05, 0.1) is 12.6 Å². The summed E-state index contributed by atoms with van der Waals surface area (Å²) in [6.45, 7) is 3.03. The zero-order chi connectivity index (χ0) is 16.2. The van der Waals surface area contributed by atoms with Gasteiger partial charge in [-0.3, -0.25) is 4.79 Å². The molecule has 0 saturated carbocycles. The molecule has 120 valence electrons. The van der Waals surface area contributed by atoms with Crippen LogP contribution < -0.4 is 5.32 Å². The molecule has 0 saturated heterocycles. The molecule has 0 bridgehead atoms. The van der Waals surface area contributed by atoms with Gasteiger partial charge < -0.3 is 19.0 Å². The van der Waals surface area contributed by atoms with Crippen LogP contribution in [-0.2, 0) is 11.3 Å². The Morgan fingerprint density at radius 2 is 2.26 bits per heavy atom. The number of hydrogen-bond donors (Lipinski definition) is 1. The van der Waals surface area contributed by atoms with Gasteiger partial charge in [0.15, 0.2) is 11.6 Å². The Hall–Kier alpha value is -2.67. The van der Waals surface area contributed by atoms with Crippen molar-refractivity contribution in [3.05, 3.63) is 48.2 Å². The van der Waals surface area contributed by atoms with Crippen molar-refractivity contribution in [3.63, 3.8) is 0 Å². The van der Waals surface area contributed by atoms with E-state index in [-0.39, 0.29) is 17.7 Å². The minimum absolute atomic E-state index is 0.279. The van der Waals surface area contributed by atoms with Gasteiger partial charge >= 0.3 is 0 Å². The Bertz CT molecular complexity index is 775. The first-order valence-corrected chi connectivity index (χ1v) is 7.35. The van der Waals surface area contributed by atoms with Crippen molar-refractivity contribution >= 4 is 16.9 Å². The van der Waals surface area contributed by atoms with Gasteiger partial charge in [-0.15, -0.1) is 10.2 Å². The topological polar surface area (TPSA) is 82.2 Å². The second-order valence-electron chi connectivity index (χ2n) is 5.22. The maximum absolute atomic E-state index is 12.4. The number of para-hydroxylation sites is 1. The highest BCUT2D eigenvalue weighted by Crippen LogP contribution is 2.19. The lowest BCUT2D eigenvalue weighted by Gasteiger charge is -2.13. The van der Waals surface area contributed by atoms with Crippen LogP contribution in [-0.4, -0.2) is 34.4 Å². The van der Waals surface area contributed by atoms with Crippen LogP contribution in [0.5, 0.6) is 0 Å². The molecule has 0 spiro atoms. The number of methoxy groups -OCH3 is 1. The zero-order valence-electron chi connectivity index (χ0n) is 13.0. The highest BCUT2D eigenvalue weighted by molar-refractivity contribution is 5.96. The van der Waals surface area contributed by atoms with Crippen molar-refractivity contribution in [3.8, 4) is 0 Å². The van der Waals surface area contributed by atoms with Crippen molar-refractivity contribution < 1.29 is 13.9 Å². The molecule has 7 nitrogen and oxygen atoms in total. The number of amides is 1. The highest BCUT2D eigenvalue weighted by atomic mass is 16.5. The molecule has 1 amide bonds. The van der Waals surface area contributed by atoms with E-state index in [1.54, 1.807) is 19.5 Å². The van der Waals surface area contributed by atoms with Gasteiger partial charge in [0.1, 0.15) is 11.9 Å². The number of carbonyl (C=O) groups is 1. The molecule has 1 atom stereocenters. The maximum atomic E-state index is 12.4. The smallest absolute Gasteiger partial charge is 0.287 e. The van der Waals surface area contributed by atoms with Crippen molar-refractivity contribution in [2.24, 2.45) is 0 Å². The van der Waals surface area contributed by atoms with Crippen LogP contribution in [0.2, 0.25) is 0 Å². The number of hydrogen-bond acceptors (Lipinski definition) is 5. The van der Waals surface area contributed by atoms with Crippen molar-refractivity contribution in [1.82, 2.24) is 20.1 Å². The first kappa shape index (κ1) is 15.2. The summed E-state index contributed by atoms with van der Waals surface area (Å²) < 4.78 is 12.5. The van der Waals surface area contributed by atoms with E-state index in [1.807, 2.05) is 35.8 Å². The van der Waals surface area contributed by atoms with Crippen LogP contribution in [0.15, 0.2) is 41.1 Å². The second-order valence-corrected chi connectivity index (χ2v) is 5.22. The average molecular weight is 314 g/mol. The summed E-state index contributed by atoms with van der Waals surface area (Å²) in [6, 6.07) is 8.94. The van der Waals surface area contributed by atoms with Gasteiger partial charge in [0.2, 0.25) is 0 Å². The van der Waals surface area contributed by atoms with Gasteiger partial charge in [0, 0.05) is 19.0 Å². The second kappa shape index (κ2) is 6.62. The van der Waals surface area contributed by atoms with Crippen LogP contribution in [0.3, 0.4) is 0 Å². The number of nitrogens with zero attached hydrogens (tertiary/aromatic N) is 3. The Morgan fingerprint density at radius 1 is 1.43 bits per heavy atom. The standard InChI is InChI=1S/C16H18N4O3/c1-11(15-19-17-10-20(15)7-8-22-2)18-16(21)14-9-12-5-3-4-6-13(12)23-14/h3-6,9-11H,7-8H2,1-2H3,(H,18,21)/t11-/m0/s1. The Labute approximate surface area is 133 Å². The van der Waals surface area contributed by atoms with Crippen LogP contribution in [0.1, 0.15) is 29.3 Å². The molecule has 1 N–H and O–H groups in total. The third kappa shape index (κ3) is 3.24. The molecule has 0 aliphatic carbocycles. The lowest BCUT2D eigenvalue weighted by Crippen LogP contribution is -2.28. The fourth-order valence-electron chi connectivity index (χ4n) is 2.39. The number of furan rings is 1. The molecule has 0 aliphatic heterocycles. The van der Waals surface area contributed by atoms with E-state index < -0.39 is 0 Å². The molecule has 2 aromatic heterocycles. The van der Waals surface area contributed by atoms with Gasteiger partial charge in [-0.2, -0.15) is 0 Å². The number of ether oxygens (including phenoxy) is 1. The summed E-state index contributed by atoms with van der Waals surface area (Å²) in [5.41, 5.74) is 0.688. The minimum atomic E-state index is -0.296. The first-order chi connectivity index (χ1) is 11.2. The zero-order valence-corrected chi connectivity index (χ0v) is 13.0. The summed E-state index contributed by atoms with van der Waals surface area (Å²) in [5.74, 6) is 0.669. The molecule has 0 radical (unpaired) electrons. The van der Waals surface area contributed by atoms with E-state index in [1.165, 1.54) is 0 Å². The summed E-state index contributed by atoms with van der Waals surface area (Å²) in [6.07, 6.45) is 1.62. The quantitative estimate of drug-likeness (QED) is 0.754. The van der Waals surface area contributed by atoms with E-state index in [0.717, 1.165) is 5.39 Å². The number of fused-ring (bicyclic) bond motifs is 1. The fourth-order valence-corrected chi connectivity index (χ4v) is 2.39. The van der Waals surface area contributed by atoms with Crippen molar-refractivity contribution in [1.29, 1.82) is 0 Å². The normalized spacial score (nSPS) is 12.4. The number of nitrogens with one attached hydrogen (secondary N) is 1.